The third kappa shape index (κ3) is 3.51. The Labute approximate surface area is 173 Å². The fourth-order valence-corrected chi connectivity index (χ4v) is 3.96. The zero-order valence-electron chi connectivity index (χ0n) is 15.7. The molecule has 0 saturated carbocycles. The van der Waals surface area contributed by atoms with Gasteiger partial charge in [0.1, 0.15) is 5.75 Å². The monoisotopic (exact) mass is 410 g/mol. The summed E-state index contributed by atoms with van der Waals surface area (Å²) >= 11 is 6.00. The van der Waals surface area contributed by atoms with E-state index in [2.05, 4.69) is 5.32 Å². The maximum Gasteiger partial charge on any atom is 0.255 e. The molecule has 0 aromatic heterocycles. The predicted molar refractivity (Wildman–Crippen MR) is 110 cm³/mol. The van der Waals surface area contributed by atoms with Gasteiger partial charge in [-0.2, -0.15) is 0 Å². The summed E-state index contributed by atoms with van der Waals surface area (Å²) < 4.78 is 5.23. The van der Waals surface area contributed by atoms with Gasteiger partial charge in [0, 0.05) is 10.6 Å². The Morgan fingerprint density at radius 3 is 2.24 bits per heavy atom. The molecule has 2 aliphatic rings. The number of carbonyl (C=O) groups is 3. The third-order valence-corrected chi connectivity index (χ3v) is 5.54. The summed E-state index contributed by atoms with van der Waals surface area (Å²) in [6.07, 6.45) is 5.09. The molecule has 2 aromatic carbocycles. The van der Waals surface area contributed by atoms with Crippen LogP contribution in [0.2, 0.25) is 5.02 Å². The molecular formula is C22H19ClN2O4. The van der Waals surface area contributed by atoms with E-state index in [1.54, 1.807) is 42.5 Å². The quantitative estimate of drug-likeness (QED) is 0.609. The molecule has 1 heterocycles. The highest BCUT2D eigenvalue weighted by Crippen LogP contribution is 2.37. The van der Waals surface area contributed by atoms with Gasteiger partial charge in [0.05, 0.1) is 30.3 Å². The molecule has 1 aliphatic heterocycles. The van der Waals surface area contributed by atoms with Gasteiger partial charge in [-0.25, -0.2) is 0 Å². The Morgan fingerprint density at radius 2 is 1.66 bits per heavy atom. The van der Waals surface area contributed by atoms with E-state index >= 15 is 0 Å². The first-order chi connectivity index (χ1) is 14.0. The summed E-state index contributed by atoms with van der Waals surface area (Å²) in [4.78, 5) is 39.2. The highest BCUT2D eigenvalue weighted by atomic mass is 35.5. The number of methoxy groups -OCH3 is 1. The second-order valence-electron chi connectivity index (χ2n) is 7.01. The number of carbonyl (C=O) groups excluding carboxylic acids is 3. The van der Waals surface area contributed by atoms with Gasteiger partial charge >= 0.3 is 0 Å². The number of nitrogens with one attached hydrogen (secondary N) is 1. The molecule has 2 aromatic rings. The molecule has 2 atom stereocenters. The van der Waals surface area contributed by atoms with Crippen LogP contribution in [0, 0.1) is 11.8 Å². The molecule has 1 N–H and O–H groups in total. The lowest BCUT2D eigenvalue weighted by Crippen LogP contribution is -2.30. The van der Waals surface area contributed by atoms with Crippen LogP contribution in [0.3, 0.4) is 0 Å². The molecule has 29 heavy (non-hydrogen) atoms. The van der Waals surface area contributed by atoms with Crippen LogP contribution in [-0.4, -0.2) is 24.8 Å². The number of imide groups is 1. The van der Waals surface area contributed by atoms with Crippen LogP contribution in [0.1, 0.15) is 23.2 Å². The number of hydrogen-bond donors (Lipinski definition) is 1. The van der Waals surface area contributed by atoms with Crippen LogP contribution < -0.4 is 15.0 Å². The minimum atomic E-state index is -0.353. The van der Waals surface area contributed by atoms with Gasteiger partial charge < -0.3 is 10.1 Å². The van der Waals surface area contributed by atoms with Crippen molar-refractivity contribution in [2.45, 2.75) is 12.8 Å². The predicted octanol–water partition coefficient (Wildman–Crippen LogP) is 4.06. The number of hydrogen-bond acceptors (Lipinski definition) is 4. The van der Waals surface area contributed by atoms with Crippen molar-refractivity contribution in [3.05, 3.63) is 65.2 Å². The number of ether oxygens (including phenoxy) is 1. The van der Waals surface area contributed by atoms with Crippen LogP contribution >= 0.6 is 11.6 Å². The van der Waals surface area contributed by atoms with Crippen molar-refractivity contribution in [1.82, 2.24) is 0 Å². The molecule has 0 radical (unpaired) electrons. The number of amides is 3. The van der Waals surface area contributed by atoms with Gasteiger partial charge in [-0.3, -0.25) is 19.3 Å². The molecule has 7 heteroatoms. The average molecular weight is 411 g/mol. The zero-order valence-corrected chi connectivity index (χ0v) is 16.5. The number of rotatable bonds is 4. The maximum absolute atomic E-state index is 12.7. The second-order valence-corrected chi connectivity index (χ2v) is 7.45. The number of halogens is 1. The number of nitrogens with zero attached hydrogens (tertiary/aromatic N) is 1. The highest BCUT2D eigenvalue weighted by Gasteiger charge is 2.47. The number of allylic oxidation sites excluding steroid dienone is 2. The fraction of sp³-hybridized carbons (Fsp3) is 0.227. The van der Waals surface area contributed by atoms with Gasteiger partial charge in [-0.15, -0.1) is 0 Å². The normalized spacial score (nSPS) is 20.6. The van der Waals surface area contributed by atoms with Gasteiger partial charge in [-0.1, -0.05) is 23.8 Å². The molecule has 6 nitrogen and oxygen atoms in total. The molecule has 1 fully saturated rings. The van der Waals surface area contributed by atoms with E-state index < -0.39 is 0 Å². The summed E-state index contributed by atoms with van der Waals surface area (Å²) in [5.41, 5.74) is 1.32. The van der Waals surface area contributed by atoms with E-state index in [1.807, 2.05) is 12.2 Å². The van der Waals surface area contributed by atoms with Crippen molar-refractivity contribution in [3.8, 4) is 5.75 Å². The number of fused-ring (bicyclic) bond motifs is 1. The maximum atomic E-state index is 12.7. The summed E-state index contributed by atoms with van der Waals surface area (Å²) in [6, 6.07) is 11.3. The van der Waals surface area contributed by atoms with Crippen LogP contribution in [0.15, 0.2) is 54.6 Å². The smallest absolute Gasteiger partial charge is 0.255 e. The second kappa shape index (κ2) is 7.72. The van der Waals surface area contributed by atoms with Crippen molar-refractivity contribution in [1.29, 1.82) is 0 Å². The molecule has 3 amide bonds. The molecule has 148 valence electrons. The van der Waals surface area contributed by atoms with E-state index in [0.29, 0.717) is 40.6 Å². The minimum Gasteiger partial charge on any atom is -0.495 e. The van der Waals surface area contributed by atoms with E-state index in [9.17, 15) is 14.4 Å². The Morgan fingerprint density at radius 1 is 1.03 bits per heavy atom. The largest absolute Gasteiger partial charge is 0.495 e. The van der Waals surface area contributed by atoms with Crippen molar-refractivity contribution < 1.29 is 19.1 Å². The standard InChI is InChI=1S/C22H19ClN2O4/c1-29-19-11-8-14(23)12-18(19)24-20(26)13-6-9-15(10-7-13)25-21(27)16-4-2-3-5-17(16)22(25)28/h2-3,6-12,16-17H,4-5H2,1H3,(H,24,26)/t16-,17+. The Bertz CT molecular complexity index is 990. The third-order valence-electron chi connectivity index (χ3n) is 5.30. The first-order valence-electron chi connectivity index (χ1n) is 9.27. The summed E-state index contributed by atoms with van der Waals surface area (Å²) in [5, 5.41) is 3.23. The molecule has 0 unspecified atom stereocenters. The molecule has 1 aliphatic carbocycles. The lowest BCUT2D eigenvalue weighted by atomic mass is 9.85. The van der Waals surface area contributed by atoms with Crippen molar-refractivity contribution in [2.75, 3.05) is 17.3 Å². The van der Waals surface area contributed by atoms with Crippen LogP contribution in [-0.2, 0) is 9.59 Å². The van der Waals surface area contributed by atoms with Gasteiger partial charge in [-0.05, 0) is 55.3 Å². The molecular weight excluding hydrogens is 392 g/mol. The molecule has 0 spiro atoms. The Kier molecular flexibility index (Phi) is 5.11. The molecule has 4 rings (SSSR count). The minimum absolute atomic E-state index is 0.176. The average Bonchev–Trinajstić information content (AvgIpc) is 2.99. The van der Waals surface area contributed by atoms with Crippen molar-refractivity contribution >= 4 is 40.7 Å². The fourth-order valence-electron chi connectivity index (χ4n) is 3.79. The van der Waals surface area contributed by atoms with Gasteiger partial charge in [0.15, 0.2) is 0 Å². The lowest BCUT2D eigenvalue weighted by molar-refractivity contribution is -0.122. The first kappa shape index (κ1) is 19.2. The Balaban J connectivity index is 1.53. The summed E-state index contributed by atoms with van der Waals surface area (Å²) in [6.45, 7) is 0. The summed E-state index contributed by atoms with van der Waals surface area (Å²) in [7, 11) is 1.50. The van der Waals surface area contributed by atoms with Crippen LogP contribution in [0.5, 0.6) is 5.75 Å². The molecule has 0 bridgehead atoms. The zero-order chi connectivity index (χ0) is 20.5. The van der Waals surface area contributed by atoms with Crippen LogP contribution in [0.25, 0.3) is 0 Å². The topological polar surface area (TPSA) is 75.7 Å². The Hall–Kier alpha value is -3.12. The van der Waals surface area contributed by atoms with E-state index in [-0.39, 0.29) is 29.6 Å². The number of anilines is 2. The first-order valence-corrected chi connectivity index (χ1v) is 9.65. The lowest BCUT2D eigenvalue weighted by Gasteiger charge is -2.15. The van der Waals surface area contributed by atoms with Crippen molar-refractivity contribution in [2.24, 2.45) is 11.8 Å². The highest BCUT2D eigenvalue weighted by molar-refractivity contribution is 6.31. The summed E-state index contributed by atoms with van der Waals surface area (Å²) in [5.74, 6) is -0.787. The van der Waals surface area contributed by atoms with Gasteiger partial charge in [0.25, 0.3) is 5.91 Å². The van der Waals surface area contributed by atoms with Crippen molar-refractivity contribution in [3.63, 3.8) is 0 Å². The number of benzene rings is 2. The van der Waals surface area contributed by atoms with Crippen LogP contribution in [0.4, 0.5) is 11.4 Å². The van der Waals surface area contributed by atoms with Gasteiger partial charge in [0.2, 0.25) is 11.8 Å². The van der Waals surface area contributed by atoms with E-state index in [4.69, 9.17) is 16.3 Å². The van der Waals surface area contributed by atoms with E-state index in [0.717, 1.165) is 0 Å². The SMILES string of the molecule is COc1ccc(Cl)cc1NC(=O)c1ccc(N2C(=O)[C@H]3CC=CC[C@H]3C2=O)cc1. The molecule has 1 saturated heterocycles. The van der Waals surface area contributed by atoms with E-state index in [1.165, 1.54) is 12.0 Å².